The second-order valence-electron chi connectivity index (χ2n) is 5.58. The summed E-state index contributed by atoms with van der Waals surface area (Å²) in [5.41, 5.74) is 9.42. The van der Waals surface area contributed by atoms with Crippen LogP contribution in [-0.4, -0.2) is 21.0 Å². The number of primary amides is 1. The van der Waals surface area contributed by atoms with Crippen LogP contribution in [-0.2, 0) is 6.18 Å². The largest absolute Gasteiger partial charge is 0.471 e. The molecule has 1 amide bonds. The number of rotatable bonds is 3. The summed E-state index contributed by atoms with van der Waals surface area (Å²) in [7, 11) is 0. The molecule has 2 heterocycles. The van der Waals surface area contributed by atoms with Crippen LogP contribution < -0.4 is 5.73 Å². The van der Waals surface area contributed by atoms with Gasteiger partial charge in [-0.3, -0.25) is 4.79 Å². The quantitative estimate of drug-likeness (QED) is 0.568. The molecule has 4 rings (SSSR count). The first kappa shape index (κ1) is 17.2. The minimum Gasteiger partial charge on any atom is -0.366 e. The van der Waals surface area contributed by atoms with Gasteiger partial charge >= 0.3 is 12.1 Å². The van der Waals surface area contributed by atoms with E-state index in [0.717, 1.165) is 10.2 Å². The van der Waals surface area contributed by atoms with E-state index in [1.165, 1.54) is 29.5 Å². The van der Waals surface area contributed by atoms with E-state index in [4.69, 9.17) is 5.73 Å². The number of aromatic nitrogens is 3. The van der Waals surface area contributed by atoms with Crippen LogP contribution >= 0.6 is 11.3 Å². The molecule has 0 unspecified atom stereocenters. The van der Waals surface area contributed by atoms with E-state index in [0.29, 0.717) is 11.1 Å². The van der Waals surface area contributed by atoms with Crippen LogP contribution in [0.25, 0.3) is 32.7 Å². The summed E-state index contributed by atoms with van der Waals surface area (Å²) in [5.74, 6) is -2.35. The highest BCUT2D eigenvalue weighted by molar-refractivity contribution is 7.16. The fraction of sp³-hybridized carbons (Fsp3) is 0.0588. The molecule has 27 heavy (non-hydrogen) atoms. The lowest BCUT2D eigenvalue weighted by Crippen LogP contribution is -2.12. The van der Waals surface area contributed by atoms with Crippen molar-refractivity contribution in [2.45, 2.75) is 6.18 Å². The minimum absolute atomic E-state index is 0.216. The zero-order valence-electron chi connectivity index (χ0n) is 13.3. The summed E-state index contributed by atoms with van der Waals surface area (Å²) in [5, 5.41) is 3.37. The van der Waals surface area contributed by atoms with Crippen molar-refractivity contribution in [3.63, 3.8) is 0 Å². The van der Waals surface area contributed by atoms with Gasteiger partial charge in [0.25, 0.3) is 0 Å². The van der Waals surface area contributed by atoms with E-state index in [1.54, 1.807) is 17.6 Å². The predicted molar refractivity (Wildman–Crippen MR) is 91.9 cm³/mol. The normalized spacial score (nSPS) is 11.8. The Kier molecular flexibility index (Phi) is 3.92. The Morgan fingerprint density at radius 1 is 1.11 bits per heavy atom. The van der Waals surface area contributed by atoms with Crippen molar-refractivity contribution in [3.05, 3.63) is 53.4 Å². The lowest BCUT2D eigenvalue weighted by Gasteiger charge is -2.09. The van der Waals surface area contributed by atoms with Crippen LogP contribution in [0, 0.1) is 0 Å². The third-order valence-corrected chi connectivity index (χ3v) is 4.66. The Bertz CT molecular complexity index is 1170. The zero-order valence-corrected chi connectivity index (χ0v) is 14.1. The number of thiazole rings is 1. The predicted octanol–water partition coefficient (Wildman–Crippen LogP) is 4.13. The van der Waals surface area contributed by atoms with Gasteiger partial charge in [0, 0.05) is 11.1 Å². The van der Waals surface area contributed by atoms with E-state index in [-0.39, 0.29) is 17.0 Å². The van der Waals surface area contributed by atoms with Gasteiger partial charge in [-0.05, 0) is 35.4 Å². The molecule has 4 aromatic rings. The summed E-state index contributed by atoms with van der Waals surface area (Å²) in [6, 6.07) is 9.73. The number of alkyl halides is 3. The van der Waals surface area contributed by atoms with Crippen LogP contribution in [0.4, 0.5) is 13.2 Å². The number of carbonyl (C=O) groups excluding carboxylic acids is 1. The van der Waals surface area contributed by atoms with Gasteiger partial charge in [-0.2, -0.15) is 18.2 Å². The number of fused-ring (bicyclic) bond motifs is 1. The molecule has 0 aliphatic rings. The summed E-state index contributed by atoms with van der Waals surface area (Å²) in [6.45, 7) is 0. The van der Waals surface area contributed by atoms with Crippen molar-refractivity contribution in [2.24, 2.45) is 5.73 Å². The summed E-state index contributed by atoms with van der Waals surface area (Å²) in [6.07, 6.45) is -4.74. The average Bonchev–Trinajstić information content (AvgIpc) is 3.29. The van der Waals surface area contributed by atoms with Gasteiger partial charge in [0.15, 0.2) is 0 Å². The SMILES string of the molecule is NC(=O)c1ccc(-c2noc(C(F)(F)F)n2)cc1-c1ccc2scnc2c1. The molecule has 2 N–H and O–H groups in total. The molecule has 2 aromatic heterocycles. The molecule has 136 valence electrons. The van der Waals surface area contributed by atoms with Gasteiger partial charge in [-0.15, -0.1) is 11.3 Å². The fourth-order valence-corrected chi connectivity index (χ4v) is 3.28. The van der Waals surface area contributed by atoms with Gasteiger partial charge in [0.2, 0.25) is 11.7 Å². The van der Waals surface area contributed by atoms with E-state index in [9.17, 15) is 18.0 Å². The smallest absolute Gasteiger partial charge is 0.366 e. The topological polar surface area (TPSA) is 94.9 Å². The number of amides is 1. The highest BCUT2D eigenvalue weighted by Crippen LogP contribution is 2.33. The molecule has 0 radical (unpaired) electrons. The number of hydrogen-bond donors (Lipinski definition) is 1. The third kappa shape index (κ3) is 3.14. The Balaban J connectivity index is 1.85. The van der Waals surface area contributed by atoms with Crippen molar-refractivity contribution in [2.75, 3.05) is 0 Å². The molecule has 0 saturated carbocycles. The Morgan fingerprint density at radius 3 is 2.59 bits per heavy atom. The maximum absolute atomic E-state index is 12.7. The van der Waals surface area contributed by atoms with Crippen molar-refractivity contribution in [3.8, 4) is 22.5 Å². The Labute approximate surface area is 153 Å². The number of halogens is 3. The zero-order chi connectivity index (χ0) is 19.2. The molecule has 0 spiro atoms. The highest BCUT2D eigenvalue weighted by Gasteiger charge is 2.38. The molecular formula is C17H9F3N4O2S. The maximum Gasteiger partial charge on any atom is 0.471 e. The first-order valence-electron chi connectivity index (χ1n) is 7.51. The van der Waals surface area contributed by atoms with Gasteiger partial charge in [0.1, 0.15) is 0 Å². The van der Waals surface area contributed by atoms with Crippen molar-refractivity contribution in [1.82, 2.24) is 15.1 Å². The lowest BCUT2D eigenvalue weighted by molar-refractivity contribution is -0.159. The molecule has 0 aliphatic heterocycles. The number of benzene rings is 2. The fourth-order valence-electron chi connectivity index (χ4n) is 2.62. The second-order valence-corrected chi connectivity index (χ2v) is 6.47. The lowest BCUT2D eigenvalue weighted by atomic mass is 9.96. The van der Waals surface area contributed by atoms with Crippen LogP contribution in [0.3, 0.4) is 0 Å². The van der Waals surface area contributed by atoms with Crippen molar-refractivity contribution in [1.29, 1.82) is 0 Å². The first-order valence-corrected chi connectivity index (χ1v) is 8.39. The average molecular weight is 390 g/mol. The number of nitrogens with two attached hydrogens (primary N) is 1. The number of hydrogen-bond acceptors (Lipinski definition) is 6. The molecule has 0 bridgehead atoms. The Morgan fingerprint density at radius 2 is 1.89 bits per heavy atom. The van der Waals surface area contributed by atoms with Crippen LogP contribution in [0.2, 0.25) is 0 Å². The van der Waals surface area contributed by atoms with E-state index in [2.05, 4.69) is 19.6 Å². The molecule has 0 saturated heterocycles. The van der Waals surface area contributed by atoms with Gasteiger partial charge < -0.3 is 10.3 Å². The van der Waals surface area contributed by atoms with Crippen molar-refractivity contribution < 1.29 is 22.5 Å². The maximum atomic E-state index is 12.7. The van der Waals surface area contributed by atoms with Crippen LogP contribution in [0.1, 0.15) is 16.2 Å². The standard InChI is InChI=1S/C17H9F3N4O2S/c18-17(19,20)16-23-15(24-26-16)9-1-3-10(14(21)25)11(5-9)8-2-4-13-12(6-8)22-7-27-13/h1-7H,(H2,21,25). The highest BCUT2D eigenvalue weighted by atomic mass is 32.1. The van der Waals surface area contributed by atoms with E-state index in [1.807, 2.05) is 6.07 Å². The molecule has 0 aliphatic carbocycles. The molecule has 0 fully saturated rings. The van der Waals surface area contributed by atoms with Crippen LogP contribution in [0.15, 0.2) is 46.4 Å². The second kappa shape index (κ2) is 6.16. The number of carbonyl (C=O) groups is 1. The summed E-state index contributed by atoms with van der Waals surface area (Å²) >= 11 is 1.47. The van der Waals surface area contributed by atoms with Gasteiger partial charge in [-0.25, -0.2) is 4.98 Å². The van der Waals surface area contributed by atoms with Gasteiger partial charge in [-0.1, -0.05) is 17.3 Å². The summed E-state index contributed by atoms with van der Waals surface area (Å²) < 4.78 is 43.3. The molecule has 0 atom stereocenters. The van der Waals surface area contributed by atoms with Crippen LogP contribution in [0.5, 0.6) is 0 Å². The van der Waals surface area contributed by atoms with Gasteiger partial charge in [0.05, 0.1) is 15.7 Å². The minimum atomic E-state index is -4.74. The van der Waals surface area contributed by atoms with E-state index < -0.39 is 18.0 Å². The third-order valence-electron chi connectivity index (χ3n) is 3.85. The molecule has 6 nitrogen and oxygen atoms in total. The Hall–Kier alpha value is -3.27. The molecular weight excluding hydrogens is 381 g/mol. The number of nitrogens with zero attached hydrogens (tertiary/aromatic N) is 3. The monoisotopic (exact) mass is 390 g/mol. The van der Waals surface area contributed by atoms with E-state index >= 15 is 0 Å². The molecule has 2 aromatic carbocycles. The first-order chi connectivity index (χ1) is 12.8. The van der Waals surface area contributed by atoms with Crippen molar-refractivity contribution >= 4 is 27.5 Å². The summed E-state index contributed by atoms with van der Waals surface area (Å²) in [4.78, 5) is 19.4. The molecule has 10 heteroatoms.